The van der Waals surface area contributed by atoms with E-state index in [1.165, 1.54) is 11.8 Å². The normalized spacial score (nSPS) is 19.6. The Labute approximate surface area is 214 Å². The summed E-state index contributed by atoms with van der Waals surface area (Å²) < 4.78 is 32.5. The molecule has 6 nitrogen and oxygen atoms in total. The highest BCUT2D eigenvalue weighted by atomic mass is 32.2. The summed E-state index contributed by atoms with van der Waals surface area (Å²) in [5.41, 5.74) is 1.86. The zero-order chi connectivity index (χ0) is 25.9. The lowest BCUT2D eigenvalue weighted by atomic mass is 9.81. The molecule has 1 heterocycles. The van der Waals surface area contributed by atoms with Crippen LogP contribution in [0.4, 0.5) is 11.4 Å². The number of methoxy groups -OCH3 is 1. The molecule has 0 fully saturated rings. The molecule has 1 aliphatic heterocycles. The van der Waals surface area contributed by atoms with Crippen LogP contribution in [0.2, 0.25) is 0 Å². The zero-order valence-electron chi connectivity index (χ0n) is 21.3. The first-order valence-electron chi connectivity index (χ1n) is 12.1. The molecule has 0 radical (unpaired) electrons. The van der Waals surface area contributed by atoms with Crippen LogP contribution in [-0.2, 0) is 20.4 Å². The van der Waals surface area contributed by atoms with Crippen molar-refractivity contribution in [2.24, 2.45) is 5.41 Å². The van der Waals surface area contributed by atoms with Gasteiger partial charge in [-0.3, -0.25) is 4.79 Å². The van der Waals surface area contributed by atoms with Crippen molar-refractivity contribution in [3.05, 3.63) is 48.0 Å². The molecule has 0 saturated carbocycles. The summed E-state index contributed by atoms with van der Waals surface area (Å²) in [7, 11) is -2.05. The zero-order valence-corrected chi connectivity index (χ0v) is 23.0. The highest BCUT2D eigenvalue weighted by Gasteiger charge is 2.42. The lowest BCUT2D eigenvalue weighted by Crippen LogP contribution is -2.37. The number of carbonyl (C=O) groups is 1. The number of benzene rings is 2. The predicted octanol–water partition coefficient (Wildman–Crippen LogP) is 6.30. The number of ether oxygens (including phenoxy) is 1. The van der Waals surface area contributed by atoms with Crippen molar-refractivity contribution in [2.75, 3.05) is 24.3 Å². The van der Waals surface area contributed by atoms with Crippen molar-refractivity contribution in [1.82, 2.24) is 0 Å². The van der Waals surface area contributed by atoms with Crippen LogP contribution < -0.4 is 9.64 Å². The Morgan fingerprint density at radius 2 is 1.89 bits per heavy atom. The van der Waals surface area contributed by atoms with Gasteiger partial charge in [0, 0.05) is 35.0 Å². The summed E-state index contributed by atoms with van der Waals surface area (Å²) in [6, 6.07) is 13.4. The van der Waals surface area contributed by atoms with E-state index in [9.17, 15) is 18.3 Å². The lowest BCUT2D eigenvalue weighted by Gasteiger charge is -2.36. The molecule has 0 spiro atoms. The Morgan fingerprint density at radius 3 is 2.46 bits per heavy atom. The number of rotatable bonds is 10. The average molecular weight is 520 g/mol. The molecule has 3 rings (SSSR count). The van der Waals surface area contributed by atoms with Gasteiger partial charge in [-0.15, -0.1) is 11.8 Å². The highest BCUT2D eigenvalue weighted by molar-refractivity contribution is 8.00. The molecule has 1 aliphatic rings. The number of carboxylic acid groups (broad SMARTS) is 1. The van der Waals surface area contributed by atoms with E-state index < -0.39 is 20.6 Å². The summed E-state index contributed by atoms with van der Waals surface area (Å²) in [4.78, 5) is 14.0. The van der Waals surface area contributed by atoms with Gasteiger partial charge in [0.1, 0.15) is 10.5 Å². The number of sulfone groups is 1. The van der Waals surface area contributed by atoms with E-state index in [4.69, 9.17) is 4.74 Å². The highest BCUT2D eigenvalue weighted by Crippen LogP contribution is 2.46. The van der Waals surface area contributed by atoms with Crippen LogP contribution in [-0.4, -0.2) is 43.6 Å². The molecule has 1 atom stereocenters. The van der Waals surface area contributed by atoms with Crippen LogP contribution >= 0.6 is 11.8 Å². The third kappa shape index (κ3) is 5.97. The second kappa shape index (κ2) is 10.8. The van der Waals surface area contributed by atoms with Crippen LogP contribution in [0.15, 0.2) is 47.4 Å². The van der Waals surface area contributed by atoms with E-state index in [-0.39, 0.29) is 16.1 Å². The van der Waals surface area contributed by atoms with Crippen molar-refractivity contribution in [1.29, 1.82) is 0 Å². The summed E-state index contributed by atoms with van der Waals surface area (Å²) in [5.74, 6) is 0.0615. The Morgan fingerprint density at radius 1 is 1.20 bits per heavy atom. The number of thioether (sulfide) groups is 1. The van der Waals surface area contributed by atoms with Crippen LogP contribution in [0.5, 0.6) is 5.75 Å². The first kappa shape index (κ1) is 27.4. The van der Waals surface area contributed by atoms with Crippen molar-refractivity contribution >= 4 is 38.9 Å². The SMILES string of the molecule is CCCC[C@]1(CC)CN(c2ccccc2)c2cc(OC)c(CSC(C)(C)C(=O)O)cc2S(=O)(=O)C1. The van der Waals surface area contributed by atoms with Gasteiger partial charge < -0.3 is 14.7 Å². The van der Waals surface area contributed by atoms with Gasteiger partial charge in [0.25, 0.3) is 0 Å². The smallest absolute Gasteiger partial charge is 0.319 e. The van der Waals surface area contributed by atoms with Crippen LogP contribution in [0.1, 0.15) is 58.9 Å². The molecule has 2 aromatic rings. The minimum absolute atomic E-state index is 0.0896. The molecule has 1 N–H and O–H groups in total. The third-order valence-electron chi connectivity index (χ3n) is 6.96. The summed E-state index contributed by atoms with van der Waals surface area (Å²) in [6.07, 6.45) is 3.58. The second-order valence-corrected chi connectivity index (χ2v) is 13.4. The molecule has 0 aliphatic carbocycles. The van der Waals surface area contributed by atoms with E-state index in [0.717, 1.165) is 31.4 Å². The second-order valence-electron chi connectivity index (χ2n) is 9.87. The number of fused-ring (bicyclic) bond motifs is 1. The number of nitrogens with zero attached hydrogens (tertiary/aromatic N) is 1. The standard InChI is InChI=1S/C27H37NO5S2/c1-6-8-14-27(7-2)18-28(21-12-10-9-11-13-21)22-16-23(33-5)20(15-24(22)35(31,32)19-27)17-34-26(3,4)25(29)30/h9-13,15-16H,6-8,14,17-19H2,1-5H3,(H,29,30)/t27-/m1/s1. The van der Waals surface area contributed by atoms with E-state index in [1.54, 1.807) is 27.0 Å². The van der Waals surface area contributed by atoms with E-state index in [0.29, 0.717) is 29.3 Å². The van der Waals surface area contributed by atoms with E-state index in [1.807, 2.05) is 36.4 Å². The minimum Gasteiger partial charge on any atom is -0.496 e. The average Bonchev–Trinajstić information content (AvgIpc) is 2.93. The molecule has 2 aromatic carbocycles. The molecular formula is C27H37NO5S2. The Hall–Kier alpha value is -2.19. The monoisotopic (exact) mass is 519 g/mol. The molecule has 8 heteroatoms. The third-order valence-corrected chi connectivity index (χ3v) is 10.3. The summed E-state index contributed by atoms with van der Waals surface area (Å²) in [5, 5.41) is 9.52. The topological polar surface area (TPSA) is 83.9 Å². The molecule has 0 bridgehead atoms. The number of anilines is 2. The molecule has 0 saturated heterocycles. The molecule has 35 heavy (non-hydrogen) atoms. The fraction of sp³-hybridized carbons (Fsp3) is 0.519. The Kier molecular flexibility index (Phi) is 8.48. The maximum atomic E-state index is 13.9. The first-order valence-corrected chi connectivity index (χ1v) is 14.8. The summed E-state index contributed by atoms with van der Waals surface area (Å²) in [6.45, 7) is 8.11. The van der Waals surface area contributed by atoms with Crippen LogP contribution in [0.25, 0.3) is 0 Å². The van der Waals surface area contributed by atoms with Gasteiger partial charge in [0.2, 0.25) is 0 Å². The van der Waals surface area contributed by atoms with Gasteiger partial charge in [0.05, 0.1) is 23.4 Å². The Bertz CT molecular complexity index is 1150. The number of hydrogen-bond donors (Lipinski definition) is 1. The number of para-hydroxylation sites is 1. The van der Waals surface area contributed by atoms with Crippen molar-refractivity contribution in [3.8, 4) is 5.75 Å². The molecule has 0 unspecified atom stereocenters. The van der Waals surface area contributed by atoms with E-state index in [2.05, 4.69) is 18.7 Å². The van der Waals surface area contributed by atoms with Crippen LogP contribution in [0, 0.1) is 5.41 Å². The fourth-order valence-corrected chi connectivity index (χ4v) is 7.63. The van der Waals surface area contributed by atoms with Gasteiger partial charge in [-0.25, -0.2) is 8.42 Å². The van der Waals surface area contributed by atoms with Crippen molar-refractivity contribution in [2.45, 2.75) is 68.8 Å². The van der Waals surface area contributed by atoms with Crippen LogP contribution in [0.3, 0.4) is 0 Å². The number of carboxylic acids is 1. The van der Waals surface area contributed by atoms with Crippen molar-refractivity contribution < 1.29 is 23.1 Å². The summed E-state index contributed by atoms with van der Waals surface area (Å²) >= 11 is 1.25. The Balaban J connectivity index is 2.19. The number of hydrogen-bond acceptors (Lipinski definition) is 6. The fourth-order valence-electron chi connectivity index (χ4n) is 4.55. The lowest BCUT2D eigenvalue weighted by molar-refractivity contribution is -0.138. The van der Waals surface area contributed by atoms with Gasteiger partial charge >= 0.3 is 5.97 Å². The van der Waals surface area contributed by atoms with Gasteiger partial charge in [0.15, 0.2) is 9.84 Å². The number of aliphatic carboxylic acids is 1. The maximum Gasteiger partial charge on any atom is 0.319 e. The molecule has 0 aromatic heterocycles. The van der Waals surface area contributed by atoms with E-state index >= 15 is 0 Å². The van der Waals surface area contributed by atoms with Gasteiger partial charge in [-0.1, -0.05) is 44.9 Å². The molecular weight excluding hydrogens is 482 g/mol. The van der Waals surface area contributed by atoms with Gasteiger partial charge in [-0.2, -0.15) is 0 Å². The quantitative estimate of drug-likeness (QED) is 0.394. The maximum absolute atomic E-state index is 13.9. The largest absolute Gasteiger partial charge is 0.496 e. The minimum atomic E-state index is -3.61. The number of unbranched alkanes of at least 4 members (excludes halogenated alkanes) is 1. The van der Waals surface area contributed by atoms with Gasteiger partial charge in [-0.05, 0) is 44.9 Å². The first-order chi connectivity index (χ1) is 16.5. The molecule has 0 amide bonds. The molecule has 192 valence electrons. The predicted molar refractivity (Wildman–Crippen MR) is 144 cm³/mol. The van der Waals surface area contributed by atoms with Crippen molar-refractivity contribution in [3.63, 3.8) is 0 Å².